The van der Waals surface area contributed by atoms with Crippen LogP contribution in [0, 0.1) is 0 Å². The summed E-state index contributed by atoms with van der Waals surface area (Å²) < 4.78 is 2.06. The third-order valence-corrected chi connectivity index (χ3v) is 2.97. The van der Waals surface area contributed by atoms with Crippen LogP contribution in [-0.2, 0) is 6.54 Å². The topological polar surface area (TPSA) is 64.1 Å². The zero-order valence-corrected chi connectivity index (χ0v) is 9.97. The molecule has 0 bridgehead atoms. The maximum absolute atomic E-state index is 8.70. The first-order chi connectivity index (χ1) is 8.33. The third kappa shape index (κ3) is 2.77. The highest BCUT2D eigenvalue weighted by Gasteiger charge is 2.06. The summed E-state index contributed by atoms with van der Waals surface area (Å²) in [5.74, 6) is 0.591. The van der Waals surface area contributed by atoms with E-state index in [0.717, 1.165) is 43.3 Å². The van der Waals surface area contributed by atoms with Gasteiger partial charge in [0, 0.05) is 13.2 Å². The molecule has 0 saturated heterocycles. The highest BCUT2D eigenvalue weighted by molar-refractivity contribution is 5.78. The van der Waals surface area contributed by atoms with Crippen molar-refractivity contribution in [2.75, 3.05) is 12.3 Å². The molecule has 3 N–H and O–H groups in total. The van der Waals surface area contributed by atoms with Gasteiger partial charge in [0.25, 0.3) is 0 Å². The van der Waals surface area contributed by atoms with Crippen LogP contribution in [0.15, 0.2) is 24.3 Å². The van der Waals surface area contributed by atoms with Gasteiger partial charge in [0.1, 0.15) is 0 Å². The molecule has 0 aliphatic rings. The quantitative estimate of drug-likeness (QED) is 0.751. The smallest absolute Gasteiger partial charge is 0.201 e. The van der Waals surface area contributed by atoms with Gasteiger partial charge in [0.15, 0.2) is 0 Å². The number of hydrogen-bond acceptors (Lipinski definition) is 3. The van der Waals surface area contributed by atoms with Crippen LogP contribution in [0.5, 0.6) is 0 Å². The van der Waals surface area contributed by atoms with Gasteiger partial charge in [-0.25, -0.2) is 4.98 Å². The van der Waals surface area contributed by atoms with Gasteiger partial charge < -0.3 is 15.4 Å². The van der Waals surface area contributed by atoms with Gasteiger partial charge in [-0.2, -0.15) is 0 Å². The lowest BCUT2D eigenvalue weighted by Crippen LogP contribution is -2.03. The third-order valence-electron chi connectivity index (χ3n) is 2.97. The second kappa shape index (κ2) is 5.68. The Morgan fingerprint density at radius 2 is 1.88 bits per heavy atom. The Morgan fingerprint density at radius 3 is 2.71 bits per heavy atom. The van der Waals surface area contributed by atoms with Crippen molar-refractivity contribution in [1.29, 1.82) is 0 Å². The van der Waals surface area contributed by atoms with Crippen molar-refractivity contribution in [3.05, 3.63) is 24.3 Å². The molecule has 92 valence electrons. The Kier molecular flexibility index (Phi) is 3.98. The van der Waals surface area contributed by atoms with Gasteiger partial charge in [0.05, 0.1) is 11.0 Å². The van der Waals surface area contributed by atoms with Gasteiger partial charge in [-0.15, -0.1) is 0 Å². The highest BCUT2D eigenvalue weighted by atomic mass is 16.2. The number of unbranched alkanes of at least 4 members (excludes halogenated alkanes) is 3. The Hall–Kier alpha value is -1.55. The number of aromatic nitrogens is 2. The second-order valence-electron chi connectivity index (χ2n) is 4.25. The summed E-state index contributed by atoms with van der Waals surface area (Å²) in [6.07, 6.45) is 4.15. The number of fused-ring (bicyclic) bond motifs is 1. The summed E-state index contributed by atoms with van der Waals surface area (Å²) in [6, 6.07) is 8.01. The van der Waals surface area contributed by atoms with Gasteiger partial charge in [-0.05, 0) is 25.0 Å². The van der Waals surface area contributed by atoms with E-state index in [1.54, 1.807) is 0 Å². The predicted octanol–water partition coefficient (Wildman–Crippen LogP) is 2.17. The first-order valence-corrected chi connectivity index (χ1v) is 6.14. The molecule has 17 heavy (non-hydrogen) atoms. The summed E-state index contributed by atoms with van der Waals surface area (Å²) in [6.45, 7) is 1.19. The van der Waals surface area contributed by atoms with Crippen molar-refractivity contribution in [1.82, 2.24) is 9.55 Å². The van der Waals surface area contributed by atoms with E-state index in [4.69, 9.17) is 10.8 Å². The number of aryl methyl sites for hydroxylation is 1. The molecular weight excluding hydrogens is 214 g/mol. The zero-order chi connectivity index (χ0) is 12.1. The van der Waals surface area contributed by atoms with Crippen LogP contribution in [0.25, 0.3) is 11.0 Å². The van der Waals surface area contributed by atoms with Crippen LogP contribution in [0.3, 0.4) is 0 Å². The monoisotopic (exact) mass is 233 g/mol. The summed E-state index contributed by atoms with van der Waals surface area (Å²) in [5, 5.41) is 8.70. The number of rotatable bonds is 6. The second-order valence-corrected chi connectivity index (χ2v) is 4.25. The molecule has 0 radical (unpaired) electrons. The number of hydrogen-bond donors (Lipinski definition) is 2. The fraction of sp³-hybridized carbons (Fsp3) is 0.462. The lowest BCUT2D eigenvalue weighted by atomic mass is 10.2. The number of nitrogens with zero attached hydrogens (tertiary/aromatic N) is 2. The van der Waals surface area contributed by atoms with Gasteiger partial charge in [-0.3, -0.25) is 0 Å². The van der Waals surface area contributed by atoms with Crippen molar-refractivity contribution < 1.29 is 5.11 Å². The molecule has 0 atom stereocenters. The van der Waals surface area contributed by atoms with Crippen LogP contribution in [0.4, 0.5) is 5.95 Å². The molecule has 1 heterocycles. The van der Waals surface area contributed by atoms with E-state index in [-0.39, 0.29) is 6.61 Å². The fourth-order valence-electron chi connectivity index (χ4n) is 2.06. The molecule has 0 unspecified atom stereocenters. The minimum Gasteiger partial charge on any atom is -0.396 e. The van der Waals surface area contributed by atoms with Gasteiger partial charge in [0.2, 0.25) is 5.95 Å². The molecule has 4 nitrogen and oxygen atoms in total. The normalized spacial score (nSPS) is 11.1. The first kappa shape index (κ1) is 11.9. The van der Waals surface area contributed by atoms with Gasteiger partial charge in [-0.1, -0.05) is 25.0 Å². The average molecular weight is 233 g/mol. The average Bonchev–Trinajstić information content (AvgIpc) is 2.65. The van der Waals surface area contributed by atoms with Gasteiger partial charge >= 0.3 is 0 Å². The molecule has 0 spiro atoms. The molecule has 0 aliphatic carbocycles. The number of imidazole rings is 1. The predicted molar refractivity (Wildman–Crippen MR) is 69.7 cm³/mol. The maximum atomic E-state index is 8.70. The number of anilines is 1. The van der Waals surface area contributed by atoms with Crippen molar-refractivity contribution in [3.8, 4) is 0 Å². The minimum absolute atomic E-state index is 0.288. The number of para-hydroxylation sites is 2. The van der Waals surface area contributed by atoms with Crippen molar-refractivity contribution in [2.24, 2.45) is 0 Å². The Bertz CT molecular complexity index is 478. The van der Waals surface area contributed by atoms with Crippen LogP contribution < -0.4 is 5.73 Å². The molecule has 0 fully saturated rings. The van der Waals surface area contributed by atoms with Crippen molar-refractivity contribution in [2.45, 2.75) is 32.2 Å². The number of aliphatic hydroxyl groups is 1. The minimum atomic E-state index is 0.288. The van der Waals surface area contributed by atoms with Crippen LogP contribution >= 0.6 is 0 Å². The number of aliphatic hydroxyl groups excluding tert-OH is 1. The first-order valence-electron chi connectivity index (χ1n) is 6.14. The molecule has 2 aromatic rings. The van der Waals surface area contributed by atoms with E-state index in [1.165, 1.54) is 0 Å². The van der Waals surface area contributed by atoms with Crippen LogP contribution in [-0.4, -0.2) is 21.3 Å². The molecule has 1 aromatic carbocycles. The Labute approximate surface area is 101 Å². The molecular formula is C13H19N3O. The summed E-state index contributed by atoms with van der Waals surface area (Å²) in [5.41, 5.74) is 7.97. The highest BCUT2D eigenvalue weighted by Crippen LogP contribution is 2.18. The van der Waals surface area contributed by atoms with E-state index in [9.17, 15) is 0 Å². The van der Waals surface area contributed by atoms with E-state index >= 15 is 0 Å². The van der Waals surface area contributed by atoms with E-state index in [1.807, 2.05) is 24.3 Å². The number of nitrogens with two attached hydrogens (primary N) is 1. The lowest BCUT2D eigenvalue weighted by molar-refractivity contribution is 0.282. The van der Waals surface area contributed by atoms with E-state index in [0.29, 0.717) is 5.95 Å². The summed E-state index contributed by atoms with van der Waals surface area (Å²) in [4.78, 5) is 4.33. The standard InChI is InChI=1S/C13H19N3O/c14-13-15-11-7-3-4-8-12(11)16(13)9-5-1-2-6-10-17/h3-4,7-8,17H,1-2,5-6,9-10H2,(H2,14,15). The van der Waals surface area contributed by atoms with Crippen LogP contribution in [0.2, 0.25) is 0 Å². The molecule has 4 heteroatoms. The van der Waals surface area contributed by atoms with E-state index < -0.39 is 0 Å². The SMILES string of the molecule is Nc1nc2ccccc2n1CCCCCCO. The Balaban J connectivity index is 2.00. The fourth-order valence-corrected chi connectivity index (χ4v) is 2.06. The molecule has 0 aliphatic heterocycles. The zero-order valence-electron chi connectivity index (χ0n) is 9.97. The number of benzene rings is 1. The molecule has 2 rings (SSSR count). The maximum Gasteiger partial charge on any atom is 0.201 e. The van der Waals surface area contributed by atoms with Crippen molar-refractivity contribution >= 4 is 17.0 Å². The number of nitrogen functional groups attached to an aromatic ring is 1. The summed E-state index contributed by atoms with van der Waals surface area (Å²) >= 11 is 0. The molecule has 0 saturated carbocycles. The molecule has 0 amide bonds. The van der Waals surface area contributed by atoms with E-state index in [2.05, 4.69) is 9.55 Å². The largest absolute Gasteiger partial charge is 0.396 e. The lowest BCUT2D eigenvalue weighted by Gasteiger charge is -2.05. The molecule has 1 aromatic heterocycles. The van der Waals surface area contributed by atoms with Crippen LogP contribution in [0.1, 0.15) is 25.7 Å². The van der Waals surface area contributed by atoms with Crippen molar-refractivity contribution in [3.63, 3.8) is 0 Å². The summed E-state index contributed by atoms with van der Waals surface area (Å²) in [7, 11) is 0. The Morgan fingerprint density at radius 1 is 1.12 bits per heavy atom.